The Morgan fingerprint density at radius 1 is 1.37 bits per heavy atom. The second-order valence-corrected chi connectivity index (χ2v) is 6.31. The van der Waals surface area contributed by atoms with Crippen molar-refractivity contribution in [1.82, 2.24) is 10.2 Å². The monoisotopic (exact) mass is 264 g/mol. The number of hydrogen-bond donors (Lipinski definition) is 1. The minimum atomic E-state index is 0.497. The number of nitrogens with one attached hydrogen (secondary N) is 1. The molecule has 2 heterocycles. The van der Waals surface area contributed by atoms with Gasteiger partial charge in [0.05, 0.1) is 13.1 Å². The number of rotatable bonds is 5. The highest BCUT2D eigenvalue weighted by atomic mass is 16.3. The van der Waals surface area contributed by atoms with Gasteiger partial charge < -0.3 is 9.73 Å². The van der Waals surface area contributed by atoms with Crippen molar-refractivity contribution in [1.29, 1.82) is 0 Å². The third-order valence-electron chi connectivity index (χ3n) is 4.00. The van der Waals surface area contributed by atoms with Crippen LogP contribution in [0.3, 0.4) is 0 Å². The van der Waals surface area contributed by atoms with Crippen LogP contribution in [0.1, 0.15) is 50.7 Å². The van der Waals surface area contributed by atoms with Gasteiger partial charge in [0, 0.05) is 6.04 Å². The summed E-state index contributed by atoms with van der Waals surface area (Å²) in [7, 11) is 0. The number of nitrogens with zero attached hydrogens (tertiary/aromatic N) is 1. The van der Waals surface area contributed by atoms with Crippen molar-refractivity contribution in [2.75, 3.05) is 13.1 Å². The van der Waals surface area contributed by atoms with E-state index in [4.69, 9.17) is 4.42 Å². The fourth-order valence-electron chi connectivity index (χ4n) is 2.58. The van der Waals surface area contributed by atoms with Crippen LogP contribution in [0.15, 0.2) is 10.5 Å². The molecule has 1 aromatic rings. The standard InChI is InChI=1S/C16H28N2O/c1-12(2)17-10-16-14(4)9-15(19-16)11-18-7-5-13(3)6-8-18/h9,12-13,17H,5-8,10-11H2,1-4H3. The lowest BCUT2D eigenvalue weighted by Gasteiger charge is -2.29. The molecule has 3 heteroatoms. The minimum absolute atomic E-state index is 0.497. The van der Waals surface area contributed by atoms with Crippen LogP contribution >= 0.6 is 0 Å². The van der Waals surface area contributed by atoms with Gasteiger partial charge in [-0.05, 0) is 50.4 Å². The normalized spacial score (nSPS) is 18.4. The highest BCUT2D eigenvalue weighted by Gasteiger charge is 2.17. The SMILES string of the molecule is Cc1cc(CN2CCC(C)CC2)oc1CNC(C)C. The Morgan fingerprint density at radius 2 is 2.05 bits per heavy atom. The van der Waals surface area contributed by atoms with E-state index in [2.05, 4.69) is 44.0 Å². The number of hydrogen-bond acceptors (Lipinski definition) is 3. The molecular formula is C16H28N2O. The van der Waals surface area contributed by atoms with Crippen LogP contribution in [-0.4, -0.2) is 24.0 Å². The summed E-state index contributed by atoms with van der Waals surface area (Å²) in [4.78, 5) is 2.51. The van der Waals surface area contributed by atoms with Crippen LogP contribution in [0.4, 0.5) is 0 Å². The second-order valence-electron chi connectivity index (χ2n) is 6.31. The first-order valence-corrected chi connectivity index (χ1v) is 7.58. The molecule has 1 saturated heterocycles. The Morgan fingerprint density at radius 3 is 2.68 bits per heavy atom. The fourth-order valence-corrected chi connectivity index (χ4v) is 2.58. The van der Waals surface area contributed by atoms with Crippen LogP contribution in [0.25, 0.3) is 0 Å². The van der Waals surface area contributed by atoms with Gasteiger partial charge in [-0.1, -0.05) is 20.8 Å². The predicted molar refractivity (Wildman–Crippen MR) is 79.1 cm³/mol. The van der Waals surface area contributed by atoms with Gasteiger partial charge in [-0.25, -0.2) is 0 Å². The van der Waals surface area contributed by atoms with Crippen LogP contribution in [0, 0.1) is 12.8 Å². The van der Waals surface area contributed by atoms with E-state index in [1.807, 2.05) is 0 Å². The Balaban J connectivity index is 1.88. The number of furan rings is 1. The van der Waals surface area contributed by atoms with Crippen LogP contribution in [-0.2, 0) is 13.1 Å². The highest BCUT2D eigenvalue weighted by molar-refractivity contribution is 5.20. The maximum absolute atomic E-state index is 5.99. The van der Waals surface area contributed by atoms with E-state index in [1.54, 1.807) is 0 Å². The van der Waals surface area contributed by atoms with Crippen molar-refractivity contribution in [3.63, 3.8) is 0 Å². The van der Waals surface area contributed by atoms with Crippen molar-refractivity contribution >= 4 is 0 Å². The van der Waals surface area contributed by atoms with E-state index in [0.29, 0.717) is 6.04 Å². The summed E-state index contributed by atoms with van der Waals surface area (Å²) in [5, 5.41) is 3.42. The smallest absolute Gasteiger partial charge is 0.120 e. The van der Waals surface area contributed by atoms with Crippen LogP contribution in [0.5, 0.6) is 0 Å². The largest absolute Gasteiger partial charge is 0.463 e. The van der Waals surface area contributed by atoms with Crippen LogP contribution in [0.2, 0.25) is 0 Å². The van der Waals surface area contributed by atoms with Gasteiger partial charge in [-0.3, -0.25) is 4.90 Å². The molecule has 2 rings (SSSR count). The van der Waals surface area contributed by atoms with E-state index < -0.39 is 0 Å². The lowest BCUT2D eigenvalue weighted by atomic mass is 9.99. The summed E-state index contributed by atoms with van der Waals surface area (Å²) in [5.41, 5.74) is 1.27. The Hall–Kier alpha value is -0.800. The van der Waals surface area contributed by atoms with Crippen molar-refractivity contribution in [3.05, 3.63) is 23.2 Å². The van der Waals surface area contributed by atoms with Gasteiger partial charge in [0.25, 0.3) is 0 Å². The van der Waals surface area contributed by atoms with E-state index >= 15 is 0 Å². The Bertz CT molecular complexity index is 389. The molecule has 1 aliphatic heterocycles. The topological polar surface area (TPSA) is 28.4 Å². The summed E-state index contributed by atoms with van der Waals surface area (Å²) in [5.74, 6) is 3.10. The quantitative estimate of drug-likeness (QED) is 0.884. The molecular weight excluding hydrogens is 236 g/mol. The van der Waals surface area contributed by atoms with Crippen molar-refractivity contribution < 1.29 is 4.42 Å². The van der Waals surface area contributed by atoms with Gasteiger partial charge in [0.2, 0.25) is 0 Å². The molecule has 108 valence electrons. The first kappa shape index (κ1) is 14.6. The Labute approximate surface area is 117 Å². The van der Waals surface area contributed by atoms with Gasteiger partial charge in [0.1, 0.15) is 11.5 Å². The third-order valence-corrected chi connectivity index (χ3v) is 4.00. The van der Waals surface area contributed by atoms with E-state index in [9.17, 15) is 0 Å². The van der Waals surface area contributed by atoms with Gasteiger partial charge in [-0.15, -0.1) is 0 Å². The minimum Gasteiger partial charge on any atom is -0.463 e. The molecule has 0 atom stereocenters. The molecule has 0 spiro atoms. The predicted octanol–water partition coefficient (Wildman–Crippen LogP) is 3.32. The zero-order chi connectivity index (χ0) is 13.8. The molecule has 0 saturated carbocycles. The molecule has 1 aromatic heterocycles. The average Bonchev–Trinajstić information content (AvgIpc) is 2.70. The van der Waals surface area contributed by atoms with Gasteiger partial charge in [0.15, 0.2) is 0 Å². The first-order chi connectivity index (χ1) is 9.04. The molecule has 1 fully saturated rings. The Kier molecular flexibility index (Phi) is 5.06. The summed E-state index contributed by atoms with van der Waals surface area (Å²) >= 11 is 0. The summed E-state index contributed by atoms with van der Waals surface area (Å²) in [6.45, 7) is 13.0. The maximum Gasteiger partial charge on any atom is 0.120 e. The first-order valence-electron chi connectivity index (χ1n) is 7.58. The van der Waals surface area contributed by atoms with Crippen molar-refractivity contribution in [2.24, 2.45) is 5.92 Å². The van der Waals surface area contributed by atoms with Crippen molar-refractivity contribution in [3.8, 4) is 0 Å². The molecule has 0 bridgehead atoms. The molecule has 19 heavy (non-hydrogen) atoms. The summed E-state index contributed by atoms with van der Waals surface area (Å²) < 4.78 is 5.99. The van der Waals surface area contributed by atoms with Gasteiger partial charge in [-0.2, -0.15) is 0 Å². The van der Waals surface area contributed by atoms with Crippen LogP contribution < -0.4 is 5.32 Å². The second kappa shape index (κ2) is 6.58. The molecule has 1 N–H and O–H groups in total. The number of piperidine rings is 1. The average molecular weight is 264 g/mol. The molecule has 0 aliphatic carbocycles. The number of aryl methyl sites for hydroxylation is 1. The zero-order valence-corrected chi connectivity index (χ0v) is 12.8. The fraction of sp³-hybridized carbons (Fsp3) is 0.750. The van der Waals surface area contributed by atoms with E-state index in [-0.39, 0.29) is 0 Å². The van der Waals surface area contributed by atoms with E-state index in [0.717, 1.165) is 30.5 Å². The van der Waals surface area contributed by atoms with E-state index in [1.165, 1.54) is 31.5 Å². The molecule has 0 amide bonds. The molecule has 0 aromatic carbocycles. The summed E-state index contributed by atoms with van der Waals surface area (Å²) in [6, 6.07) is 2.70. The molecule has 0 unspecified atom stereocenters. The lowest BCUT2D eigenvalue weighted by molar-refractivity contribution is 0.172. The van der Waals surface area contributed by atoms with Gasteiger partial charge >= 0.3 is 0 Å². The molecule has 0 radical (unpaired) electrons. The molecule has 1 aliphatic rings. The maximum atomic E-state index is 5.99. The van der Waals surface area contributed by atoms with Crippen molar-refractivity contribution in [2.45, 2.75) is 59.7 Å². The lowest BCUT2D eigenvalue weighted by Crippen LogP contribution is -2.32. The molecule has 3 nitrogen and oxygen atoms in total. The highest BCUT2D eigenvalue weighted by Crippen LogP contribution is 2.21. The zero-order valence-electron chi connectivity index (χ0n) is 12.8. The number of likely N-dealkylation sites (tertiary alicyclic amines) is 1. The summed E-state index contributed by atoms with van der Waals surface area (Å²) in [6.07, 6.45) is 2.64. The third kappa shape index (κ3) is 4.36.